The Morgan fingerprint density at radius 1 is 1.15 bits per heavy atom. The molecule has 0 radical (unpaired) electrons. The molecule has 0 saturated carbocycles. The third-order valence-corrected chi connectivity index (χ3v) is 7.35. The Kier molecular flexibility index (Phi) is 8.93. The summed E-state index contributed by atoms with van der Waals surface area (Å²) in [5.74, 6) is 1.72. The molecule has 1 unspecified atom stereocenters. The van der Waals surface area contributed by atoms with Crippen LogP contribution in [0.3, 0.4) is 0 Å². The van der Waals surface area contributed by atoms with Gasteiger partial charge in [-0.05, 0) is 69.7 Å². The van der Waals surface area contributed by atoms with Crippen molar-refractivity contribution >= 4 is 18.4 Å². The minimum absolute atomic E-state index is 0. The summed E-state index contributed by atoms with van der Waals surface area (Å²) in [5, 5.41) is 0. The largest absolute Gasteiger partial charge is 0.487 e. The van der Waals surface area contributed by atoms with Gasteiger partial charge in [-0.25, -0.2) is 4.79 Å². The second-order valence-corrected chi connectivity index (χ2v) is 10.4. The average Bonchev–Trinajstić information content (AvgIpc) is 3.11. The van der Waals surface area contributed by atoms with Crippen LogP contribution in [0.4, 0.5) is 4.79 Å². The van der Waals surface area contributed by atoms with Crippen molar-refractivity contribution in [3.8, 4) is 5.75 Å². The molecular weight excluding hydrogens is 438 g/mol. The van der Waals surface area contributed by atoms with Gasteiger partial charge in [0.15, 0.2) is 0 Å². The Hall–Kier alpha value is -1.50. The maximum atomic E-state index is 12.7. The SMILES string of the molecule is CCN(CC1CCN(C(=O)N2CCOCC2)CC1)C(C)Cc1ccc2c(c1)CC(C)(C)O2.Cl. The summed E-state index contributed by atoms with van der Waals surface area (Å²) in [7, 11) is 0. The van der Waals surface area contributed by atoms with E-state index in [1.807, 2.05) is 4.90 Å². The van der Waals surface area contributed by atoms with Gasteiger partial charge in [0.25, 0.3) is 0 Å². The van der Waals surface area contributed by atoms with Gasteiger partial charge in [-0.15, -0.1) is 12.4 Å². The van der Waals surface area contributed by atoms with E-state index in [0.717, 1.165) is 70.7 Å². The predicted octanol–water partition coefficient (Wildman–Crippen LogP) is 4.24. The van der Waals surface area contributed by atoms with Crippen molar-refractivity contribution in [2.45, 2.75) is 65.0 Å². The van der Waals surface area contributed by atoms with Crippen LogP contribution in [-0.4, -0.2) is 84.9 Å². The molecule has 2 amide bonds. The number of amides is 2. The maximum Gasteiger partial charge on any atom is 0.320 e. The van der Waals surface area contributed by atoms with E-state index < -0.39 is 0 Å². The zero-order valence-electron chi connectivity index (χ0n) is 20.8. The Bertz CT molecular complexity index is 789. The molecule has 7 heteroatoms. The summed E-state index contributed by atoms with van der Waals surface area (Å²) < 4.78 is 11.4. The van der Waals surface area contributed by atoms with Crippen LogP contribution in [-0.2, 0) is 17.6 Å². The summed E-state index contributed by atoms with van der Waals surface area (Å²) in [6, 6.07) is 7.45. The molecular formula is C26H42ClN3O3. The molecule has 0 spiro atoms. The molecule has 1 aromatic rings. The van der Waals surface area contributed by atoms with E-state index in [1.54, 1.807) is 0 Å². The molecule has 2 fully saturated rings. The summed E-state index contributed by atoms with van der Waals surface area (Å²) in [6.45, 7) is 15.7. The Morgan fingerprint density at radius 2 is 1.82 bits per heavy atom. The van der Waals surface area contributed by atoms with Crippen molar-refractivity contribution in [1.82, 2.24) is 14.7 Å². The minimum Gasteiger partial charge on any atom is -0.487 e. The van der Waals surface area contributed by atoms with Crippen LogP contribution < -0.4 is 4.74 Å². The van der Waals surface area contributed by atoms with Crippen LogP contribution in [0.1, 0.15) is 51.7 Å². The van der Waals surface area contributed by atoms with Gasteiger partial charge in [0, 0.05) is 45.2 Å². The maximum absolute atomic E-state index is 12.7. The topological polar surface area (TPSA) is 45.2 Å². The molecule has 3 aliphatic rings. The number of benzene rings is 1. The Labute approximate surface area is 206 Å². The number of nitrogens with zero attached hydrogens (tertiary/aromatic N) is 3. The van der Waals surface area contributed by atoms with Gasteiger partial charge in [-0.3, -0.25) is 0 Å². The second kappa shape index (κ2) is 11.3. The number of fused-ring (bicyclic) bond motifs is 1. The lowest BCUT2D eigenvalue weighted by Crippen LogP contribution is -2.51. The molecule has 1 atom stereocenters. The van der Waals surface area contributed by atoms with E-state index in [4.69, 9.17) is 9.47 Å². The lowest BCUT2D eigenvalue weighted by atomic mass is 9.94. The number of rotatable bonds is 6. The molecule has 33 heavy (non-hydrogen) atoms. The fraction of sp³-hybridized carbons (Fsp3) is 0.731. The van der Waals surface area contributed by atoms with Gasteiger partial charge in [0.05, 0.1) is 13.2 Å². The first-order chi connectivity index (χ1) is 15.3. The number of urea groups is 1. The highest BCUT2D eigenvalue weighted by Gasteiger charge is 2.31. The van der Waals surface area contributed by atoms with Crippen LogP contribution in [0.2, 0.25) is 0 Å². The molecule has 0 aromatic heterocycles. The number of carbonyl (C=O) groups is 1. The van der Waals surface area contributed by atoms with Crippen LogP contribution in [0.15, 0.2) is 18.2 Å². The third kappa shape index (κ3) is 6.55. The van der Waals surface area contributed by atoms with Crippen LogP contribution in [0.5, 0.6) is 5.75 Å². The first-order valence-electron chi connectivity index (χ1n) is 12.5. The van der Waals surface area contributed by atoms with E-state index in [9.17, 15) is 4.79 Å². The molecule has 4 rings (SSSR count). The zero-order valence-corrected chi connectivity index (χ0v) is 21.7. The smallest absolute Gasteiger partial charge is 0.320 e. The summed E-state index contributed by atoms with van der Waals surface area (Å²) in [4.78, 5) is 19.4. The number of piperidine rings is 1. The van der Waals surface area contributed by atoms with Crippen molar-refractivity contribution in [3.63, 3.8) is 0 Å². The van der Waals surface area contributed by atoms with Crippen molar-refractivity contribution < 1.29 is 14.3 Å². The van der Waals surface area contributed by atoms with E-state index >= 15 is 0 Å². The fourth-order valence-electron chi connectivity index (χ4n) is 5.47. The standard InChI is InChI=1S/C26H41N3O3.ClH/c1-5-27(20(2)16-22-6-7-24-23(17-22)18-26(3,4)32-24)19-21-8-10-28(11-9-21)25(30)29-12-14-31-15-13-29;/h6-7,17,20-21H,5,8-16,18-19H2,1-4H3;1H. The minimum atomic E-state index is -0.0833. The van der Waals surface area contributed by atoms with Gasteiger partial charge >= 0.3 is 6.03 Å². The highest BCUT2D eigenvalue weighted by molar-refractivity contribution is 5.85. The van der Waals surface area contributed by atoms with E-state index in [2.05, 4.69) is 55.7 Å². The van der Waals surface area contributed by atoms with E-state index in [0.29, 0.717) is 25.2 Å². The number of hydrogen-bond acceptors (Lipinski definition) is 4. The van der Waals surface area contributed by atoms with Crippen LogP contribution in [0.25, 0.3) is 0 Å². The summed E-state index contributed by atoms with van der Waals surface area (Å²) >= 11 is 0. The Morgan fingerprint density at radius 3 is 2.48 bits per heavy atom. The number of carbonyl (C=O) groups excluding carboxylic acids is 1. The highest BCUT2D eigenvalue weighted by atomic mass is 35.5. The second-order valence-electron chi connectivity index (χ2n) is 10.4. The molecule has 0 aliphatic carbocycles. The molecule has 0 bridgehead atoms. The van der Waals surface area contributed by atoms with E-state index in [1.165, 1.54) is 11.1 Å². The summed E-state index contributed by atoms with van der Waals surface area (Å²) in [5.41, 5.74) is 2.67. The predicted molar refractivity (Wildman–Crippen MR) is 135 cm³/mol. The fourth-order valence-corrected chi connectivity index (χ4v) is 5.47. The molecule has 3 aliphatic heterocycles. The first kappa shape index (κ1) is 26.1. The van der Waals surface area contributed by atoms with Gasteiger partial charge < -0.3 is 24.2 Å². The van der Waals surface area contributed by atoms with Crippen molar-refractivity contribution in [3.05, 3.63) is 29.3 Å². The van der Waals surface area contributed by atoms with Crippen molar-refractivity contribution in [2.75, 3.05) is 52.5 Å². The highest BCUT2D eigenvalue weighted by Crippen LogP contribution is 2.35. The van der Waals surface area contributed by atoms with Gasteiger partial charge in [-0.2, -0.15) is 0 Å². The lowest BCUT2D eigenvalue weighted by molar-refractivity contribution is 0.0387. The number of likely N-dealkylation sites (tertiary alicyclic amines) is 1. The van der Waals surface area contributed by atoms with Gasteiger partial charge in [-0.1, -0.05) is 19.1 Å². The van der Waals surface area contributed by atoms with Crippen molar-refractivity contribution in [2.24, 2.45) is 5.92 Å². The molecule has 0 N–H and O–H groups in total. The number of likely N-dealkylation sites (N-methyl/N-ethyl adjacent to an activating group) is 1. The molecule has 1 aromatic carbocycles. The third-order valence-electron chi connectivity index (χ3n) is 7.35. The normalized spacial score (nSPS) is 21.4. The molecule has 186 valence electrons. The van der Waals surface area contributed by atoms with E-state index in [-0.39, 0.29) is 24.0 Å². The lowest BCUT2D eigenvalue weighted by Gasteiger charge is -2.39. The van der Waals surface area contributed by atoms with Crippen LogP contribution >= 0.6 is 12.4 Å². The average molecular weight is 480 g/mol. The van der Waals surface area contributed by atoms with Crippen molar-refractivity contribution in [1.29, 1.82) is 0 Å². The monoisotopic (exact) mass is 479 g/mol. The Balaban J connectivity index is 0.00000306. The molecule has 2 saturated heterocycles. The molecule has 6 nitrogen and oxygen atoms in total. The number of morpholine rings is 1. The van der Waals surface area contributed by atoms with Gasteiger partial charge in [0.1, 0.15) is 11.4 Å². The van der Waals surface area contributed by atoms with Gasteiger partial charge in [0.2, 0.25) is 0 Å². The number of ether oxygens (including phenoxy) is 2. The zero-order chi connectivity index (χ0) is 22.7. The number of halogens is 1. The first-order valence-corrected chi connectivity index (χ1v) is 12.5. The summed E-state index contributed by atoms with van der Waals surface area (Å²) in [6.07, 6.45) is 4.26. The van der Waals surface area contributed by atoms with Crippen LogP contribution in [0, 0.1) is 5.92 Å². The quantitative estimate of drug-likeness (QED) is 0.612. The number of hydrogen-bond donors (Lipinski definition) is 0. The molecule has 3 heterocycles.